The maximum absolute atomic E-state index is 12.0. The Morgan fingerprint density at radius 2 is 2.18 bits per heavy atom. The maximum atomic E-state index is 12.0. The quantitative estimate of drug-likeness (QED) is 0.872. The number of fused-ring (bicyclic) bond motifs is 1. The highest BCUT2D eigenvalue weighted by Crippen LogP contribution is 2.31. The summed E-state index contributed by atoms with van der Waals surface area (Å²) in [4.78, 5) is 2.59. The zero-order chi connectivity index (χ0) is 12.5. The molecule has 94 valence electrons. The summed E-state index contributed by atoms with van der Waals surface area (Å²) < 4.78 is 23.9. The predicted molar refractivity (Wildman–Crippen MR) is 69.1 cm³/mol. The first-order valence-electron chi connectivity index (χ1n) is 5.83. The van der Waals surface area contributed by atoms with E-state index in [1.807, 2.05) is 19.1 Å². The number of sulfone groups is 1. The molecule has 1 aromatic carbocycles. The van der Waals surface area contributed by atoms with Crippen molar-refractivity contribution in [1.82, 2.24) is 0 Å². The molecule has 0 spiro atoms. The Labute approximate surface area is 102 Å². The van der Waals surface area contributed by atoms with E-state index in [-0.39, 0.29) is 5.75 Å². The molecule has 0 saturated heterocycles. The lowest BCUT2D eigenvalue weighted by Gasteiger charge is -2.31. The molecule has 17 heavy (non-hydrogen) atoms. The molecule has 1 aliphatic heterocycles. The molecule has 0 amide bonds. The monoisotopic (exact) mass is 254 g/mol. The molecule has 5 heteroatoms. The lowest BCUT2D eigenvalue weighted by molar-refractivity contribution is 0.588. The second-order valence-electron chi connectivity index (χ2n) is 4.42. The minimum absolute atomic E-state index is 0.202. The fourth-order valence-corrected chi connectivity index (χ4v) is 3.58. The topological polar surface area (TPSA) is 63.4 Å². The van der Waals surface area contributed by atoms with Gasteiger partial charge in [0.1, 0.15) is 0 Å². The van der Waals surface area contributed by atoms with Crippen LogP contribution in [0.5, 0.6) is 0 Å². The highest BCUT2D eigenvalue weighted by molar-refractivity contribution is 7.91. The number of benzene rings is 1. The van der Waals surface area contributed by atoms with Gasteiger partial charge in [-0.05, 0) is 37.6 Å². The van der Waals surface area contributed by atoms with Crippen molar-refractivity contribution in [3.63, 3.8) is 0 Å². The second-order valence-corrected chi connectivity index (χ2v) is 6.50. The van der Waals surface area contributed by atoms with Crippen LogP contribution in [-0.2, 0) is 9.84 Å². The van der Waals surface area contributed by atoms with Crippen LogP contribution in [0.3, 0.4) is 0 Å². The number of nitrogens with zero attached hydrogens (tertiary/aromatic N) is 1. The van der Waals surface area contributed by atoms with Crippen LogP contribution < -0.4 is 10.6 Å². The molecule has 1 aliphatic rings. The molecule has 2 rings (SSSR count). The number of hydrogen-bond acceptors (Lipinski definition) is 4. The van der Waals surface area contributed by atoms with E-state index >= 15 is 0 Å². The molecule has 0 atom stereocenters. The standard InChI is InChI=1S/C12H18N2O2S/c1-10-3-4-12-11(9-10)14(6-2-5-13)7-8-17(12,15)16/h3-4,9H,2,5-8,13H2,1H3. The summed E-state index contributed by atoms with van der Waals surface area (Å²) in [6.45, 7) is 3.99. The van der Waals surface area contributed by atoms with Gasteiger partial charge < -0.3 is 10.6 Å². The number of hydrogen-bond donors (Lipinski definition) is 1. The van der Waals surface area contributed by atoms with Crippen molar-refractivity contribution >= 4 is 15.5 Å². The smallest absolute Gasteiger partial charge is 0.182 e. The van der Waals surface area contributed by atoms with E-state index in [0.29, 0.717) is 18.0 Å². The van der Waals surface area contributed by atoms with Crippen LogP contribution in [0.4, 0.5) is 5.69 Å². The van der Waals surface area contributed by atoms with Gasteiger partial charge in [0.15, 0.2) is 9.84 Å². The Balaban J connectivity index is 2.42. The van der Waals surface area contributed by atoms with Crippen molar-refractivity contribution in [2.24, 2.45) is 5.73 Å². The van der Waals surface area contributed by atoms with Crippen molar-refractivity contribution in [3.05, 3.63) is 23.8 Å². The number of nitrogens with two attached hydrogens (primary N) is 1. The highest BCUT2D eigenvalue weighted by atomic mass is 32.2. The van der Waals surface area contributed by atoms with Crippen LogP contribution in [-0.4, -0.2) is 33.8 Å². The van der Waals surface area contributed by atoms with E-state index in [2.05, 4.69) is 4.90 Å². The third-order valence-electron chi connectivity index (χ3n) is 3.05. The Hall–Kier alpha value is -1.07. The first-order valence-corrected chi connectivity index (χ1v) is 7.48. The van der Waals surface area contributed by atoms with Crippen LogP contribution in [0.15, 0.2) is 23.1 Å². The fourth-order valence-electron chi connectivity index (χ4n) is 2.11. The average molecular weight is 254 g/mol. The van der Waals surface area contributed by atoms with Gasteiger partial charge in [-0.2, -0.15) is 0 Å². The second kappa shape index (κ2) is 4.66. The van der Waals surface area contributed by atoms with Crippen molar-refractivity contribution in [2.75, 3.05) is 30.3 Å². The fraction of sp³-hybridized carbons (Fsp3) is 0.500. The van der Waals surface area contributed by atoms with Gasteiger partial charge in [0.2, 0.25) is 0 Å². The zero-order valence-corrected chi connectivity index (χ0v) is 10.8. The van der Waals surface area contributed by atoms with Crippen LogP contribution in [0.2, 0.25) is 0 Å². The summed E-state index contributed by atoms with van der Waals surface area (Å²) in [5, 5.41) is 0. The van der Waals surface area contributed by atoms with Gasteiger partial charge in [0.25, 0.3) is 0 Å². The maximum Gasteiger partial charge on any atom is 0.182 e. The molecule has 1 aromatic rings. The predicted octanol–water partition coefficient (Wildman–Crippen LogP) is 0.938. The minimum atomic E-state index is -3.09. The average Bonchev–Trinajstić information content (AvgIpc) is 2.28. The SMILES string of the molecule is Cc1ccc2c(c1)N(CCCN)CCS2(=O)=O. The normalized spacial score (nSPS) is 17.9. The van der Waals surface area contributed by atoms with Crippen LogP contribution >= 0.6 is 0 Å². The van der Waals surface area contributed by atoms with Gasteiger partial charge in [-0.1, -0.05) is 6.07 Å². The van der Waals surface area contributed by atoms with Crippen molar-refractivity contribution in [1.29, 1.82) is 0 Å². The van der Waals surface area contributed by atoms with Gasteiger partial charge in [-0.3, -0.25) is 0 Å². The third-order valence-corrected chi connectivity index (χ3v) is 4.79. The highest BCUT2D eigenvalue weighted by Gasteiger charge is 2.27. The van der Waals surface area contributed by atoms with E-state index in [1.165, 1.54) is 0 Å². The summed E-state index contributed by atoms with van der Waals surface area (Å²) >= 11 is 0. The van der Waals surface area contributed by atoms with Gasteiger partial charge >= 0.3 is 0 Å². The molecule has 0 radical (unpaired) electrons. The van der Waals surface area contributed by atoms with Crippen LogP contribution in [0.25, 0.3) is 0 Å². The molecular formula is C12H18N2O2S. The molecule has 0 bridgehead atoms. The summed E-state index contributed by atoms with van der Waals surface area (Å²) in [7, 11) is -3.09. The lowest BCUT2D eigenvalue weighted by atomic mass is 10.2. The van der Waals surface area contributed by atoms with Crippen LogP contribution in [0.1, 0.15) is 12.0 Å². The molecule has 1 heterocycles. The lowest BCUT2D eigenvalue weighted by Crippen LogP contribution is -2.36. The van der Waals surface area contributed by atoms with E-state index in [0.717, 1.165) is 24.2 Å². The van der Waals surface area contributed by atoms with Crippen LogP contribution in [0, 0.1) is 6.92 Å². The zero-order valence-electron chi connectivity index (χ0n) is 10.0. The van der Waals surface area contributed by atoms with E-state index in [4.69, 9.17) is 5.73 Å². The molecular weight excluding hydrogens is 236 g/mol. The Kier molecular flexibility index (Phi) is 3.40. The van der Waals surface area contributed by atoms with Gasteiger partial charge in [-0.25, -0.2) is 8.42 Å². The Bertz CT molecular complexity index is 511. The van der Waals surface area contributed by atoms with Gasteiger partial charge in [-0.15, -0.1) is 0 Å². The molecule has 0 aromatic heterocycles. The first-order chi connectivity index (χ1) is 8.04. The summed E-state index contributed by atoms with van der Waals surface area (Å²) in [6.07, 6.45) is 0.882. The third kappa shape index (κ3) is 2.45. The number of anilines is 1. The first kappa shape index (κ1) is 12.4. The molecule has 2 N–H and O–H groups in total. The Morgan fingerprint density at radius 1 is 1.41 bits per heavy atom. The summed E-state index contributed by atoms with van der Waals surface area (Å²) in [5.74, 6) is 0.202. The molecule has 4 nitrogen and oxygen atoms in total. The van der Waals surface area contributed by atoms with Gasteiger partial charge in [0, 0.05) is 13.1 Å². The largest absolute Gasteiger partial charge is 0.369 e. The molecule has 0 saturated carbocycles. The number of rotatable bonds is 3. The minimum Gasteiger partial charge on any atom is -0.369 e. The molecule has 0 aliphatic carbocycles. The Morgan fingerprint density at radius 3 is 2.88 bits per heavy atom. The van der Waals surface area contributed by atoms with E-state index < -0.39 is 9.84 Å². The summed E-state index contributed by atoms with van der Waals surface area (Å²) in [6, 6.07) is 5.51. The summed E-state index contributed by atoms with van der Waals surface area (Å²) in [5.41, 5.74) is 7.42. The van der Waals surface area contributed by atoms with Crippen molar-refractivity contribution in [2.45, 2.75) is 18.2 Å². The van der Waals surface area contributed by atoms with Crippen molar-refractivity contribution < 1.29 is 8.42 Å². The van der Waals surface area contributed by atoms with Gasteiger partial charge in [0.05, 0.1) is 16.3 Å². The van der Waals surface area contributed by atoms with E-state index in [9.17, 15) is 8.42 Å². The van der Waals surface area contributed by atoms with E-state index in [1.54, 1.807) is 6.07 Å². The van der Waals surface area contributed by atoms with Crippen molar-refractivity contribution in [3.8, 4) is 0 Å². The number of aryl methyl sites for hydroxylation is 1. The molecule has 0 unspecified atom stereocenters. The molecule has 0 fully saturated rings.